The molecule has 0 saturated carbocycles. The normalized spacial score (nSPS) is 11.5. The highest BCUT2D eigenvalue weighted by atomic mass is 16.2. The molecular weight excluding hydrogens is 180 g/mol. The lowest BCUT2D eigenvalue weighted by atomic mass is 10.1. The third-order valence-corrected chi connectivity index (χ3v) is 1.95. The van der Waals surface area contributed by atoms with Gasteiger partial charge in [0.2, 0.25) is 5.91 Å². The van der Waals surface area contributed by atoms with Crippen LogP contribution >= 0.6 is 0 Å². The SMILES string of the molecule is Cc1n[nH]c(C)c1NC(=O)C(C)(C)N. The van der Waals surface area contributed by atoms with Gasteiger partial charge in [0.1, 0.15) is 0 Å². The van der Waals surface area contributed by atoms with Crippen molar-refractivity contribution in [2.75, 3.05) is 5.32 Å². The molecule has 0 atom stereocenters. The van der Waals surface area contributed by atoms with Crippen LogP contribution in [0.4, 0.5) is 5.69 Å². The third kappa shape index (κ3) is 2.11. The molecule has 0 bridgehead atoms. The average Bonchev–Trinajstić information content (AvgIpc) is 2.34. The monoisotopic (exact) mass is 196 g/mol. The van der Waals surface area contributed by atoms with Crippen LogP contribution in [0.1, 0.15) is 25.2 Å². The number of H-pyrrole nitrogens is 1. The van der Waals surface area contributed by atoms with Crippen LogP contribution in [0.3, 0.4) is 0 Å². The molecule has 1 amide bonds. The number of anilines is 1. The van der Waals surface area contributed by atoms with E-state index in [-0.39, 0.29) is 5.91 Å². The number of aryl methyl sites for hydroxylation is 2. The first kappa shape index (κ1) is 10.7. The van der Waals surface area contributed by atoms with Gasteiger partial charge in [-0.25, -0.2) is 0 Å². The van der Waals surface area contributed by atoms with E-state index in [1.807, 2.05) is 13.8 Å². The lowest BCUT2D eigenvalue weighted by Gasteiger charge is -2.17. The summed E-state index contributed by atoms with van der Waals surface area (Å²) in [7, 11) is 0. The fraction of sp³-hybridized carbons (Fsp3) is 0.556. The fourth-order valence-corrected chi connectivity index (χ4v) is 1.01. The second-order valence-corrected chi connectivity index (χ2v) is 3.98. The van der Waals surface area contributed by atoms with Crippen molar-refractivity contribution in [3.05, 3.63) is 11.4 Å². The molecule has 0 fully saturated rings. The zero-order valence-electron chi connectivity index (χ0n) is 8.93. The number of aromatic amines is 1. The molecule has 0 saturated heterocycles. The van der Waals surface area contributed by atoms with Crippen molar-refractivity contribution in [3.8, 4) is 0 Å². The largest absolute Gasteiger partial charge is 0.321 e. The van der Waals surface area contributed by atoms with Crippen molar-refractivity contribution in [1.82, 2.24) is 10.2 Å². The van der Waals surface area contributed by atoms with E-state index in [1.165, 1.54) is 0 Å². The number of nitrogens with zero attached hydrogens (tertiary/aromatic N) is 1. The van der Waals surface area contributed by atoms with E-state index >= 15 is 0 Å². The van der Waals surface area contributed by atoms with Gasteiger partial charge in [0.25, 0.3) is 0 Å². The quantitative estimate of drug-likeness (QED) is 0.651. The van der Waals surface area contributed by atoms with Gasteiger partial charge in [0.05, 0.1) is 22.6 Å². The zero-order valence-corrected chi connectivity index (χ0v) is 8.93. The first-order chi connectivity index (χ1) is 6.32. The van der Waals surface area contributed by atoms with Gasteiger partial charge in [-0.3, -0.25) is 9.89 Å². The van der Waals surface area contributed by atoms with Gasteiger partial charge >= 0.3 is 0 Å². The first-order valence-corrected chi connectivity index (χ1v) is 4.44. The molecule has 78 valence electrons. The number of rotatable bonds is 2. The summed E-state index contributed by atoms with van der Waals surface area (Å²) in [5, 5.41) is 9.50. The molecule has 14 heavy (non-hydrogen) atoms. The maximum Gasteiger partial charge on any atom is 0.243 e. The van der Waals surface area contributed by atoms with Gasteiger partial charge in [-0.05, 0) is 27.7 Å². The summed E-state index contributed by atoms with van der Waals surface area (Å²) in [5.41, 5.74) is 7.09. The lowest BCUT2D eigenvalue weighted by Crippen LogP contribution is -2.45. The van der Waals surface area contributed by atoms with Gasteiger partial charge in [0.15, 0.2) is 0 Å². The zero-order chi connectivity index (χ0) is 10.9. The Hall–Kier alpha value is -1.36. The minimum absolute atomic E-state index is 0.217. The van der Waals surface area contributed by atoms with Gasteiger partial charge in [-0.15, -0.1) is 0 Å². The van der Waals surface area contributed by atoms with Crippen LogP contribution in [0, 0.1) is 13.8 Å². The molecule has 1 heterocycles. The van der Waals surface area contributed by atoms with Crippen LogP contribution in [0.5, 0.6) is 0 Å². The van der Waals surface area contributed by atoms with Crippen LogP contribution in [0.25, 0.3) is 0 Å². The van der Waals surface area contributed by atoms with E-state index in [4.69, 9.17) is 5.73 Å². The summed E-state index contributed by atoms with van der Waals surface area (Å²) >= 11 is 0. The highest BCUT2D eigenvalue weighted by Gasteiger charge is 2.23. The molecule has 0 unspecified atom stereocenters. The maximum absolute atomic E-state index is 11.6. The number of hydrogen-bond acceptors (Lipinski definition) is 3. The molecule has 0 aliphatic heterocycles. The average molecular weight is 196 g/mol. The molecular formula is C9H16N4O. The molecule has 0 aliphatic rings. The minimum Gasteiger partial charge on any atom is -0.321 e. The van der Waals surface area contributed by atoms with E-state index in [1.54, 1.807) is 13.8 Å². The van der Waals surface area contributed by atoms with Crippen molar-refractivity contribution in [2.24, 2.45) is 5.73 Å². The Morgan fingerprint density at radius 3 is 2.43 bits per heavy atom. The number of nitrogens with two attached hydrogens (primary N) is 1. The molecule has 0 spiro atoms. The molecule has 5 heteroatoms. The van der Waals surface area contributed by atoms with Crippen LogP contribution in [-0.2, 0) is 4.79 Å². The Kier molecular flexibility index (Phi) is 2.62. The molecule has 1 rings (SSSR count). The summed E-state index contributed by atoms with van der Waals surface area (Å²) in [6, 6.07) is 0. The van der Waals surface area contributed by atoms with Gasteiger partial charge in [0, 0.05) is 0 Å². The Bertz CT molecular complexity index is 329. The summed E-state index contributed by atoms with van der Waals surface area (Å²) in [4.78, 5) is 11.6. The number of amides is 1. The van der Waals surface area contributed by atoms with Crippen molar-refractivity contribution in [1.29, 1.82) is 0 Å². The number of carbonyl (C=O) groups is 1. The number of hydrogen-bond donors (Lipinski definition) is 3. The molecule has 0 aliphatic carbocycles. The number of carbonyl (C=O) groups excluding carboxylic acids is 1. The topological polar surface area (TPSA) is 83.8 Å². The minimum atomic E-state index is -0.879. The van der Waals surface area contributed by atoms with Gasteiger partial charge in [-0.2, -0.15) is 5.10 Å². The van der Waals surface area contributed by atoms with Crippen LogP contribution in [-0.4, -0.2) is 21.6 Å². The van der Waals surface area contributed by atoms with Crippen LogP contribution in [0.2, 0.25) is 0 Å². The Morgan fingerprint density at radius 1 is 1.50 bits per heavy atom. The standard InChI is InChI=1S/C9H16N4O/c1-5-7(6(2)13-12-5)11-8(14)9(3,4)10/h10H2,1-4H3,(H,11,14)(H,12,13). The fourth-order valence-electron chi connectivity index (χ4n) is 1.01. The Balaban J connectivity index is 2.85. The smallest absolute Gasteiger partial charge is 0.243 e. The van der Waals surface area contributed by atoms with Crippen molar-refractivity contribution in [3.63, 3.8) is 0 Å². The molecule has 0 radical (unpaired) electrons. The highest BCUT2D eigenvalue weighted by molar-refractivity contribution is 5.98. The van der Waals surface area contributed by atoms with E-state index < -0.39 is 5.54 Å². The van der Waals surface area contributed by atoms with E-state index in [2.05, 4.69) is 15.5 Å². The predicted octanol–water partition coefficient (Wildman–Crippen LogP) is 0.702. The van der Waals surface area contributed by atoms with Crippen molar-refractivity contribution < 1.29 is 4.79 Å². The second-order valence-electron chi connectivity index (χ2n) is 3.98. The summed E-state index contributed by atoms with van der Waals surface area (Å²) in [5.74, 6) is -0.217. The number of aromatic nitrogens is 2. The van der Waals surface area contributed by atoms with Crippen LogP contribution < -0.4 is 11.1 Å². The van der Waals surface area contributed by atoms with Crippen molar-refractivity contribution in [2.45, 2.75) is 33.2 Å². The van der Waals surface area contributed by atoms with E-state index in [0.29, 0.717) is 5.69 Å². The molecule has 1 aromatic heterocycles. The van der Waals surface area contributed by atoms with E-state index in [9.17, 15) is 4.79 Å². The second kappa shape index (κ2) is 3.42. The summed E-state index contributed by atoms with van der Waals surface area (Å²) in [6.45, 7) is 6.99. The maximum atomic E-state index is 11.6. The summed E-state index contributed by atoms with van der Waals surface area (Å²) in [6.07, 6.45) is 0. The van der Waals surface area contributed by atoms with Crippen molar-refractivity contribution >= 4 is 11.6 Å². The van der Waals surface area contributed by atoms with E-state index in [0.717, 1.165) is 11.4 Å². The van der Waals surface area contributed by atoms with Gasteiger partial charge in [-0.1, -0.05) is 0 Å². The first-order valence-electron chi connectivity index (χ1n) is 4.44. The summed E-state index contributed by atoms with van der Waals surface area (Å²) < 4.78 is 0. The molecule has 1 aromatic rings. The predicted molar refractivity (Wildman–Crippen MR) is 55.0 cm³/mol. The molecule has 0 aromatic carbocycles. The van der Waals surface area contributed by atoms with Crippen LogP contribution in [0.15, 0.2) is 0 Å². The number of nitrogens with one attached hydrogen (secondary N) is 2. The Labute approximate surface area is 83.1 Å². The highest BCUT2D eigenvalue weighted by Crippen LogP contribution is 2.17. The lowest BCUT2D eigenvalue weighted by molar-refractivity contribution is -0.120. The molecule has 4 N–H and O–H groups in total. The molecule has 5 nitrogen and oxygen atoms in total. The van der Waals surface area contributed by atoms with Gasteiger partial charge < -0.3 is 11.1 Å². The Morgan fingerprint density at radius 2 is 2.07 bits per heavy atom. The third-order valence-electron chi connectivity index (χ3n) is 1.95.